The van der Waals surface area contributed by atoms with Crippen LogP contribution in [0.15, 0.2) is 18.2 Å². The molecule has 0 aliphatic rings. The van der Waals surface area contributed by atoms with Crippen molar-refractivity contribution in [2.45, 2.75) is 25.8 Å². The molecule has 0 aliphatic carbocycles. The summed E-state index contributed by atoms with van der Waals surface area (Å²) in [5, 5.41) is 0. The molecule has 0 saturated heterocycles. The summed E-state index contributed by atoms with van der Waals surface area (Å²) in [6, 6.07) is 3.09. The molecule has 0 radical (unpaired) electrons. The molecule has 0 aliphatic heterocycles. The Labute approximate surface area is 111 Å². The number of halogens is 3. The van der Waals surface area contributed by atoms with Gasteiger partial charge in [0.15, 0.2) is 0 Å². The van der Waals surface area contributed by atoms with Crippen molar-refractivity contribution >= 4 is 18.4 Å². The number of rotatable bonds is 4. The molecule has 0 spiro atoms. The minimum Gasteiger partial charge on any atom is -0.466 e. The zero-order valence-corrected chi connectivity index (χ0v) is 11.0. The molecular weight excluding hydrogens is 264 g/mol. The average Bonchev–Trinajstić information content (AvgIpc) is 2.15. The van der Waals surface area contributed by atoms with Crippen molar-refractivity contribution in [3.63, 3.8) is 0 Å². The van der Waals surface area contributed by atoms with Crippen LogP contribution in [0.4, 0.5) is 8.78 Å². The largest absolute Gasteiger partial charge is 0.466 e. The smallest absolute Gasteiger partial charge is 0.307 e. The van der Waals surface area contributed by atoms with Crippen LogP contribution in [-0.4, -0.2) is 12.6 Å². The quantitative estimate of drug-likeness (QED) is 0.862. The first-order valence-corrected chi connectivity index (χ1v) is 5.27. The number of ether oxygens (including phenoxy) is 1. The van der Waals surface area contributed by atoms with Crippen LogP contribution < -0.4 is 5.73 Å². The van der Waals surface area contributed by atoms with E-state index in [0.717, 1.165) is 12.1 Å². The maximum absolute atomic E-state index is 13.5. The van der Waals surface area contributed by atoms with Gasteiger partial charge in [-0.1, -0.05) is 6.07 Å². The number of carbonyl (C=O) groups excluding carboxylic acids is 1. The Morgan fingerprint density at radius 1 is 1.44 bits per heavy atom. The molecule has 18 heavy (non-hydrogen) atoms. The lowest BCUT2D eigenvalue weighted by Gasteiger charge is -2.24. The number of hydrogen-bond donors (Lipinski definition) is 1. The molecule has 102 valence electrons. The minimum absolute atomic E-state index is 0. The fraction of sp³-hybridized carbons (Fsp3) is 0.417. The van der Waals surface area contributed by atoms with Crippen molar-refractivity contribution < 1.29 is 18.3 Å². The van der Waals surface area contributed by atoms with Gasteiger partial charge in [0, 0.05) is 11.6 Å². The Hall–Kier alpha value is -1.20. The van der Waals surface area contributed by atoms with Crippen molar-refractivity contribution in [2.75, 3.05) is 6.61 Å². The van der Waals surface area contributed by atoms with Crippen LogP contribution in [0.3, 0.4) is 0 Å². The van der Waals surface area contributed by atoms with E-state index in [2.05, 4.69) is 0 Å². The highest BCUT2D eigenvalue weighted by Gasteiger charge is 2.28. The molecule has 0 heterocycles. The topological polar surface area (TPSA) is 52.3 Å². The van der Waals surface area contributed by atoms with E-state index in [1.54, 1.807) is 6.92 Å². The van der Waals surface area contributed by atoms with Gasteiger partial charge in [-0.3, -0.25) is 4.79 Å². The zero-order valence-electron chi connectivity index (χ0n) is 10.2. The van der Waals surface area contributed by atoms with Crippen LogP contribution in [0.25, 0.3) is 0 Å². The maximum Gasteiger partial charge on any atom is 0.307 e. The average molecular weight is 280 g/mol. The number of esters is 1. The van der Waals surface area contributed by atoms with Gasteiger partial charge >= 0.3 is 5.97 Å². The summed E-state index contributed by atoms with van der Waals surface area (Å²) < 4.78 is 31.0. The van der Waals surface area contributed by atoms with Crippen molar-refractivity contribution in [3.8, 4) is 0 Å². The second-order valence-corrected chi connectivity index (χ2v) is 4.02. The second-order valence-electron chi connectivity index (χ2n) is 4.02. The van der Waals surface area contributed by atoms with Crippen LogP contribution in [0, 0.1) is 11.6 Å². The van der Waals surface area contributed by atoms with E-state index in [4.69, 9.17) is 10.5 Å². The molecule has 6 heteroatoms. The molecule has 2 N–H and O–H groups in total. The SMILES string of the molecule is CCOC(=O)C[C@](C)(N)c1ccc(F)cc1F.Cl. The molecule has 1 atom stereocenters. The summed E-state index contributed by atoms with van der Waals surface area (Å²) in [7, 11) is 0. The molecule has 0 saturated carbocycles. The molecule has 1 aromatic carbocycles. The molecule has 3 nitrogen and oxygen atoms in total. The van der Waals surface area contributed by atoms with Crippen molar-refractivity contribution in [1.82, 2.24) is 0 Å². The van der Waals surface area contributed by atoms with Gasteiger partial charge in [-0.15, -0.1) is 12.4 Å². The van der Waals surface area contributed by atoms with Gasteiger partial charge in [0.05, 0.1) is 18.6 Å². The van der Waals surface area contributed by atoms with E-state index < -0.39 is 23.1 Å². The van der Waals surface area contributed by atoms with Crippen LogP contribution in [-0.2, 0) is 15.1 Å². The molecule has 1 rings (SSSR count). The third-order valence-electron chi connectivity index (χ3n) is 2.36. The van der Waals surface area contributed by atoms with Gasteiger partial charge < -0.3 is 10.5 Å². The highest BCUT2D eigenvalue weighted by atomic mass is 35.5. The first-order chi connectivity index (χ1) is 7.86. The van der Waals surface area contributed by atoms with Gasteiger partial charge in [-0.25, -0.2) is 8.78 Å². The Kier molecular flexibility index (Phi) is 6.21. The zero-order chi connectivity index (χ0) is 13.1. The van der Waals surface area contributed by atoms with Gasteiger partial charge in [0.25, 0.3) is 0 Å². The lowest BCUT2D eigenvalue weighted by molar-refractivity contribution is -0.144. The third-order valence-corrected chi connectivity index (χ3v) is 2.36. The van der Waals surface area contributed by atoms with Gasteiger partial charge in [-0.2, -0.15) is 0 Å². The van der Waals surface area contributed by atoms with Crippen LogP contribution in [0.1, 0.15) is 25.8 Å². The van der Waals surface area contributed by atoms with Crippen LogP contribution in [0.2, 0.25) is 0 Å². The van der Waals surface area contributed by atoms with Crippen molar-refractivity contribution in [3.05, 3.63) is 35.4 Å². The fourth-order valence-corrected chi connectivity index (χ4v) is 1.56. The van der Waals surface area contributed by atoms with E-state index in [1.807, 2.05) is 0 Å². The summed E-state index contributed by atoms with van der Waals surface area (Å²) in [5.74, 6) is -1.96. The first kappa shape index (κ1) is 16.8. The molecule has 0 unspecified atom stereocenters. The predicted molar refractivity (Wildman–Crippen MR) is 66.4 cm³/mol. The van der Waals surface area contributed by atoms with Crippen LogP contribution >= 0.6 is 12.4 Å². The maximum atomic E-state index is 13.5. The molecule has 0 aromatic heterocycles. The summed E-state index contributed by atoms with van der Waals surface area (Å²) in [6.07, 6.45) is -0.163. The summed E-state index contributed by atoms with van der Waals surface area (Å²) in [5.41, 5.74) is 4.73. The minimum atomic E-state index is -1.22. The fourth-order valence-electron chi connectivity index (χ4n) is 1.56. The van der Waals surface area contributed by atoms with Gasteiger partial charge in [0.2, 0.25) is 0 Å². The van der Waals surface area contributed by atoms with Crippen molar-refractivity contribution in [2.24, 2.45) is 5.73 Å². The molecule has 0 bridgehead atoms. The van der Waals surface area contributed by atoms with E-state index in [9.17, 15) is 13.6 Å². The highest BCUT2D eigenvalue weighted by molar-refractivity contribution is 5.85. The second kappa shape index (κ2) is 6.66. The lowest BCUT2D eigenvalue weighted by atomic mass is 9.89. The summed E-state index contributed by atoms with van der Waals surface area (Å²) in [6.45, 7) is 3.41. The van der Waals surface area contributed by atoms with E-state index in [-0.39, 0.29) is 31.0 Å². The Morgan fingerprint density at radius 2 is 2.06 bits per heavy atom. The normalized spacial score (nSPS) is 13.4. The van der Waals surface area contributed by atoms with Gasteiger partial charge in [-0.05, 0) is 19.9 Å². The monoisotopic (exact) mass is 279 g/mol. The molecule has 0 fully saturated rings. The Balaban J connectivity index is 0.00000289. The number of benzene rings is 1. The predicted octanol–water partition coefficient (Wildman–Crippen LogP) is 2.51. The lowest BCUT2D eigenvalue weighted by Crippen LogP contribution is -2.37. The van der Waals surface area contributed by atoms with Crippen LogP contribution in [0.5, 0.6) is 0 Å². The van der Waals surface area contributed by atoms with E-state index in [0.29, 0.717) is 0 Å². The molecule has 0 amide bonds. The van der Waals surface area contributed by atoms with E-state index >= 15 is 0 Å². The number of hydrogen-bond acceptors (Lipinski definition) is 3. The third kappa shape index (κ3) is 4.23. The molecular formula is C12H16ClF2NO2. The Morgan fingerprint density at radius 3 is 2.56 bits per heavy atom. The highest BCUT2D eigenvalue weighted by Crippen LogP contribution is 2.25. The first-order valence-electron chi connectivity index (χ1n) is 5.27. The molecule has 1 aromatic rings. The van der Waals surface area contributed by atoms with Crippen molar-refractivity contribution in [1.29, 1.82) is 0 Å². The van der Waals surface area contributed by atoms with Gasteiger partial charge in [0.1, 0.15) is 11.6 Å². The number of carbonyl (C=O) groups is 1. The summed E-state index contributed by atoms with van der Waals surface area (Å²) >= 11 is 0. The standard InChI is InChI=1S/C12H15F2NO2.ClH/c1-3-17-11(16)7-12(2,15)9-5-4-8(13)6-10(9)14;/h4-6H,3,7,15H2,1-2H3;1H/t12-;/m0./s1. The number of nitrogens with two attached hydrogens (primary N) is 1. The Bertz CT molecular complexity index is 425. The summed E-state index contributed by atoms with van der Waals surface area (Å²) in [4.78, 5) is 11.3. The van der Waals surface area contributed by atoms with E-state index in [1.165, 1.54) is 13.0 Å².